The maximum absolute atomic E-state index is 5.38. The quantitative estimate of drug-likeness (QED) is 0.277. The third-order valence-electron chi connectivity index (χ3n) is 4.45. The normalized spacial score (nSPS) is 15.8. The Morgan fingerprint density at radius 1 is 1.24 bits per heavy atom. The van der Waals surface area contributed by atoms with E-state index < -0.39 is 0 Å². The minimum absolute atomic E-state index is 0. The van der Waals surface area contributed by atoms with Crippen molar-refractivity contribution in [1.29, 1.82) is 0 Å². The summed E-state index contributed by atoms with van der Waals surface area (Å²) in [5.74, 6) is 0.877. The molecule has 1 aliphatic heterocycles. The smallest absolute Gasteiger partial charge is 0.191 e. The molecule has 1 saturated heterocycles. The zero-order chi connectivity index (χ0) is 17.4. The van der Waals surface area contributed by atoms with Gasteiger partial charge in [0.15, 0.2) is 5.96 Å². The van der Waals surface area contributed by atoms with Crippen LogP contribution in [0.25, 0.3) is 0 Å². The highest BCUT2D eigenvalue weighted by molar-refractivity contribution is 14.0. The Bertz CT molecular complexity index is 539. The molecule has 2 rings (SSSR count). The molecule has 8 heteroatoms. The molecule has 2 heterocycles. The Kier molecular flexibility index (Phi) is 10.4. The minimum atomic E-state index is 0. The van der Waals surface area contributed by atoms with Gasteiger partial charge < -0.3 is 15.4 Å². The molecule has 7 nitrogen and oxygen atoms in total. The van der Waals surface area contributed by atoms with Crippen LogP contribution in [-0.2, 0) is 18.3 Å². The van der Waals surface area contributed by atoms with Crippen LogP contribution in [0.5, 0.6) is 0 Å². The lowest BCUT2D eigenvalue weighted by molar-refractivity contribution is 0.0376. The van der Waals surface area contributed by atoms with E-state index in [2.05, 4.69) is 34.5 Å². The molecule has 0 amide bonds. The molecule has 0 saturated carbocycles. The summed E-state index contributed by atoms with van der Waals surface area (Å²) in [6.45, 7) is 13.6. The fraction of sp³-hybridized carbons (Fsp3) is 0.765. The second-order valence-electron chi connectivity index (χ2n) is 6.20. The standard InChI is InChI=1S/C17H32N6O.HI/c1-5-18-17(19-7-6-8-23-9-11-24-12-10-23)20-13-16-14(2)21-22(4)15(16)3;/h5-13H2,1-4H3,(H2,18,19,20);1H. The summed E-state index contributed by atoms with van der Waals surface area (Å²) in [6, 6.07) is 0. The molecule has 2 N–H and O–H groups in total. The number of ether oxygens (including phenoxy) is 1. The Balaban J connectivity index is 0.00000312. The number of halogens is 1. The first-order chi connectivity index (χ1) is 11.6. The number of rotatable bonds is 7. The first-order valence-corrected chi connectivity index (χ1v) is 8.93. The predicted molar refractivity (Wildman–Crippen MR) is 113 cm³/mol. The zero-order valence-corrected chi connectivity index (χ0v) is 18.3. The van der Waals surface area contributed by atoms with Crippen molar-refractivity contribution in [3.05, 3.63) is 17.0 Å². The second-order valence-corrected chi connectivity index (χ2v) is 6.20. The van der Waals surface area contributed by atoms with Gasteiger partial charge in [-0.3, -0.25) is 9.58 Å². The van der Waals surface area contributed by atoms with E-state index in [1.807, 2.05) is 18.7 Å². The lowest BCUT2D eigenvalue weighted by Crippen LogP contribution is -2.40. The monoisotopic (exact) mass is 464 g/mol. The number of nitrogens with zero attached hydrogens (tertiary/aromatic N) is 4. The number of aryl methyl sites for hydroxylation is 2. The number of nitrogens with one attached hydrogen (secondary N) is 2. The summed E-state index contributed by atoms with van der Waals surface area (Å²) in [5.41, 5.74) is 3.45. The Labute approximate surface area is 168 Å². The second kappa shape index (κ2) is 11.7. The third kappa shape index (κ3) is 7.10. The lowest BCUT2D eigenvalue weighted by atomic mass is 10.2. The van der Waals surface area contributed by atoms with Gasteiger partial charge in [0.05, 0.1) is 25.5 Å². The van der Waals surface area contributed by atoms with Crippen LogP contribution < -0.4 is 10.6 Å². The van der Waals surface area contributed by atoms with Gasteiger partial charge in [0.25, 0.3) is 0 Å². The van der Waals surface area contributed by atoms with Crippen LogP contribution in [0.2, 0.25) is 0 Å². The Hall–Kier alpha value is -0.870. The van der Waals surface area contributed by atoms with Gasteiger partial charge in [0.1, 0.15) is 0 Å². The number of aromatic nitrogens is 2. The van der Waals surface area contributed by atoms with Crippen LogP contribution in [0.1, 0.15) is 30.3 Å². The minimum Gasteiger partial charge on any atom is -0.379 e. The van der Waals surface area contributed by atoms with Gasteiger partial charge in [-0.25, -0.2) is 4.99 Å². The van der Waals surface area contributed by atoms with Crippen molar-refractivity contribution in [3.63, 3.8) is 0 Å². The van der Waals surface area contributed by atoms with Crippen molar-refractivity contribution in [1.82, 2.24) is 25.3 Å². The molecule has 0 aliphatic carbocycles. The molecule has 1 aliphatic rings. The van der Waals surface area contributed by atoms with Crippen LogP contribution in [0.3, 0.4) is 0 Å². The summed E-state index contributed by atoms with van der Waals surface area (Å²) >= 11 is 0. The molecular weight excluding hydrogens is 431 g/mol. The molecule has 0 aromatic carbocycles. The molecule has 1 aromatic heterocycles. The lowest BCUT2D eigenvalue weighted by Gasteiger charge is -2.26. The average Bonchev–Trinajstić information content (AvgIpc) is 2.82. The molecule has 0 atom stereocenters. The van der Waals surface area contributed by atoms with E-state index in [0.29, 0.717) is 6.54 Å². The molecule has 0 unspecified atom stereocenters. The molecule has 0 spiro atoms. The fourth-order valence-corrected chi connectivity index (χ4v) is 2.88. The highest BCUT2D eigenvalue weighted by Crippen LogP contribution is 2.12. The molecule has 1 aromatic rings. The number of hydrogen-bond donors (Lipinski definition) is 2. The van der Waals surface area contributed by atoms with Gasteiger partial charge in [-0.1, -0.05) is 0 Å². The maximum atomic E-state index is 5.38. The maximum Gasteiger partial charge on any atom is 0.191 e. The van der Waals surface area contributed by atoms with E-state index in [0.717, 1.165) is 64.0 Å². The number of aliphatic imine (C=N–C) groups is 1. The van der Waals surface area contributed by atoms with E-state index in [9.17, 15) is 0 Å². The van der Waals surface area contributed by atoms with Gasteiger partial charge in [0, 0.05) is 44.5 Å². The largest absolute Gasteiger partial charge is 0.379 e. The summed E-state index contributed by atoms with van der Waals surface area (Å²) in [4.78, 5) is 7.17. The van der Waals surface area contributed by atoms with Gasteiger partial charge in [-0.2, -0.15) is 5.10 Å². The predicted octanol–water partition coefficient (Wildman–Crippen LogP) is 1.43. The number of hydrogen-bond acceptors (Lipinski definition) is 4. The van der Waals surface area contributed by atoms with Crippen molar-refractivity contribution in [2.45, 2.75) is 33.7 Å². The van der Waals surface area contributed by atoms with E-state index >= 15 is 0 Å². The van der Waals surface area contributed by atoms with Crippen LogP contribution in [0, 0.1) is 13.8 Å². The van der Waals surface area contributed by atoms with E-state index in [1.165, 1.54) is 11.3 Å². The summed E-state index contributed by atoms with van der Waals surface area (Å²) < 4.78 is 7.30. The van der Waals surface area contributed by atoms with Crippen molar-refractivity contribution in [2.24, 2.45) is 12.0 Å². The first-order valence-electron chi connectivity index (χ1n) is 8.93. The molecule has 0 bridgehead atoms. The molecule has 0 radical (unpaired) electrons. The third-order valence-corrected chi connectivity index (χ3v) is 4.45. The molecule has 144 valence electrons. The van der Waals surface area contributed by atoms with Gasteiger partial charge in [-0.15, -0.1) is 24.0 Å². The highest BCUT2D eigenvalue weighted by atomic mass is 127. The molecule has 1 fully saturated rings. The van der Waals surface area contributed by atoms with Crippen molar-refractivity contribution >= 4 is 29.9 Å². The SMILES string of the molecule is CCNC(=NCc1c(C)nn(C)c1C)NCCCN1CCOCC1.I. The number of morpholine rings is 1. The summed E-state index contributed by atoms with van der Waals surface area (Å²) in [5, 5.41) is 11.2. The average molecular weight is 464 g/mol. The van der Waals surface area contributed by atoms with Crippen LogP contribution in [-0.4, -0.2) is 66.6 Å². The van der Waals surface area contributed by atoms with Crippen LogP contribution >= 0.6 is 24.0 Å². The molecule has 25 heavy (non-hydrogen) atoms. The van der Waals surface area contributed by atoms with Gasteiger partial charge >= 0.3 is 0 Å². The summed E-state index contributed by atoms with van der Waals surface area (Å²) in [6.07, 6.45) is 1.11. The van der Waals surface area contributed by atoms with Crippen LogP contribution in [0.15, 0.2) is 4.99 Å². The van der Waals surface area contributed by atoms with Gasteiger partial charge in [-0.05, 0) is 33.7 Å². The zero-order valence-electron chi connectivity index (χ0n) is 16.0. The Morgan fingerprint density at radius 3 is 2.56 bits per heavy atom. The van der Waals surface area contributed by atoms with Gasteiger partial charge in [0.2, 0.25) is 0 Å². The highest BCUT2D eigenvalue weighted by Gasteiger charge is 2.10. The van der Waals surface area contributed by atoms with Crippen molar-refractivity contribution in [3.8, 4) is 0 Å². The van der Waals surface area contributed by atoms with E-state index in [-0.39, 0.29) is 24.0 Å². The first kappa shape index (κ1) is 22.2. The van der Waals surface area contributed by atoms with E-state index in [4.69, 9.17) is 9.73 Å². The Morgan fingerprint density at radius 2 is 1.96 bits per heavy atom. The van der Waals surface area contributed by atoms with Crippen LogP contribution in [0.4, 0.5) is 0 Å². The summed E-state index contributed by atoms with van der Waals surface area (Å²) in [7, 11) is 1.98. The van der Waals surface area contributed by atoms with Crippen molar-refractivity contribution in [2.75, 3.05) is 45.9 Å². The molecular formula is C17H33IN6O. The van der Waals surface area contributed by atoms with Crippen molar-refractivity contribution < 1.29 is 4.74 Å². The number of guanidine groups is 1. The topological polar surface area (TPSA) is 66.7 Å². The van der Waals surface area contributed by atoms with E-state index in [1.54, 1.807) is 0 Å². The fourth-order valence-electron chi connectivity index (χ4n) is 2.88.